The van der Waals surface area contributed by atoms with E-state index >= 15 is 0 Å². The van der Waals surface area contributed by atoms with E-state index in [1.54, 1.807) is 16.2 Å². The molecule has 0 bridgehead atoms. The van der Waals surface area contributed by atoms with Crippen LogP contribution in [0.3, 0.4) is 0 Å². The fourth-order valence-electron chi connectivity index (χ4n) is 4.03. The average Bonchev–Trinajstić information content (AvgIpc) is 3.48. The number of carbonyl (C=O) groups excluding carboxylic acids is 2. The summed E-state index contributed by atoms with van der Waals surface area (Å²) in [4.78, 5) is 31.9. The van der Waals surface area contributed by atoms with Gasteiger partial charge in [-0.05, 0) is 35.9 Å². The van der Waals surface area contributed by atoms with Gasteiger partial charge in [-0.25, -0.2) is 8.42 Å². The molecule has 11 heteroatoms. The number of morpholine rings is 1. The summed E-state index contributed by atoms with van der Waals surface area (Å²) in [5.41, 5.74) is 1.28. The van der Waals surface area contributed by atoms with Gasteiger partial charge in [-0.2, -0.15) is 4.31 Å². The van der Waals surface area contributed by atoms with Gasteiger partial charge < -0.3 is 19.9 Å². The quantitative estimate of drug-likeness (QED) is 0.625. The molecule has 1 saturated heterocycles. The summed E-state index contributed by atoms with van der Waals surface area (Å²) in [5.74, 6) is -0.599. The molecular weight excluding hydrogens is 452 g/mol. The number of sulfonamides is 1. The zero-order chi connectivity index (χ0) is 22.7. The zero-order valence-electron chi connectivity index (χ0n) is 18.0. The number of aromatic nitrogens is 1. The van der Waals surface area contributed by atoms with Crippen molar-refractivity contribution < 1.29 is 22.7 Å². The number of hydrogen-bond donors (Lipinski definition) is 2. The van der Waals surface area contributed by atoms with Crippen molar-refractivity contribution in [2.45, 2.75) is 43.7 Å². The van der Waals surface area contributed by atoms with E-state index < -0.39 is 22.0 Å². The Balaban J connectivity index is 1.44. The molecule has 2 amide bonds. The molecule has 1 unspecified atom stereocenters. The number of H-pyrrole nitrogens is 1. The first kappa shape index (κ1) is 23.0. The van der Waals surface area contributed by atoms with Crippen LogP contribution in [0.1, 0.15) is 40.7 Å². The van der Waals surface area contributed by atoms with Gasteiger partial charge in [0.15, 0.2) is 0 Å². The monoisotopic (exact) mass is 480 g/mol. The van der Waals surface area contributed by atoms with Gasteiger partial charge in [0, 0.05) is 37.3 Å². The standard InChI is InChI=1S/C21H28N4O5S2/c1-2-3-17(21(27)24-6-4-19-15(14-24)5-11-31-19)23-20(26)18-12-16(13-22-18)32(28,29)25-7-9-30-10-8-25/h5,11-13,17,22H,2-4,6-10,14H2,1H3,(H,23,26). The second kappa shape index (κ2) is 9.74. The molecule has 9 nitrogen and oxygen atoms in total. The number of ether oxygens (including phenoxy) is 1. The van der Waals surface area contributed by atoms with Crippen LogP contribution >= 0.6 is 11.3 Å². The highest BCUT2D eigenvalue weighted by Crippen LogP contribution is 2.25. The molecule has 0 spiro atoms. The van der Waals surface area contributed by atoms with Crippen LogP contribution in [0, 0.1) is 0 Å². The summed E-state index contributed by atoms with van der Waals surface area (Å²) in [6.45, 7) is 4.41. The molecule has 1 atom stereocenters. The van der Waals surface area contributed by atoms with Crippen molar-refractivity contribution in [2.75, 3.05) is 32.8 Å². The van der Waals surface area contributed by atoms with Gasteiger partial charge in [-0.3, -0.25) is 9.59 Å². The summed E-state index contributed by atoms with van der Waals surface area (Å²) in [5, 5.41) is 4.85. The molecule has 2 aliphatic rings. The van der Waals surface area contributed by atoms with E-state index in [4.69, 9.17) is 4.74 Å². The summed E-state index contributed by atoms with van der Waals surface area (Å²) in [7, 11) is -3.70. The molecule has 1 fully saturated rings. The van der Waals surface area contributed by atoms with Crippen molar-refractivity contribution in [1.82, 2.24) is 19.5 Å². The third-order valence-electron chi connectivity index (χ3n) is 5.81. The Labute approximate surface area is 191 Å². The molecular formula is C21H28N4O5S2. The minimum atomic E-state index is -3.70. The Kier molecular flexibility index (Phi) is 6.99. The van der Waals surface area contributed by atoms with Crippen LogP contribution in [-0.2, 0) is 32.5 Å². The minimum Gasteiger partial charge on any atom is -0.379 e. The summed E-state index contributed by atoms with van der Waals surface area (Å²) in [6, 6.07) is 2.71. The lowest BCUT2D eigenvalue weighted by Crippen LogP contribution is -2.49. The molecule has 4 rings (SSSR count). The highest BCUT2D eigenvalue weighted by Gasteiger charge is 2.31. The SMILES string of the molecule is CCCC(NC(=O)c1cc(S(=O)(=O)N2CCOCC2)c[nH]1)C(=O)N1CCc2sccc2C1. The van der Waals surface area contributed by atoms with Gasteiger partial charge in [0.05, 0.1) is 13.2 Å². The van der Waals surface area contributed by atoms with Crippen molar-refractivity contribution >= 4 is 33.2 Å². The van der Waals surface area contributed by atoms with Crippen LogP contribution in [0.5, 0.6) is 0 Å². The predicted molar refractivity (Wildman–Crippen MR) is 120 cm³/mol. The highest BCUT2D eigenvalue weighted by molar-refractivity contribution is 7.89. The maximum absolute atomic E-state index is 13.1. The third kappa shape index (κ3) is 4.75. The minimum absolute atomic E-state index is 0.0314. The molecule has 0 aliphatic carbocycles. The molecule has 2 aromatic rings. The summed E-state index contributed by atoms with van der Waals surface area (Å²) in [6.07, 6.45) is 3.39. The predicted octanol–water partition coefficient (Wildman–Crippen LogP) is 1.58. The first-order chi connectivity index (χ1) is 15.4. The van der Waals surface area contributed by atoms with Crippen LogP contribution in [-0.4, -0.2) is 73.3 Å². The maximum atomic E-state index is 13.1. The molecule has 2 aliphatic heterocycles. The lowest BCUT2D eigenvalue weighted by Gasteiger charge is -2.30. The third-order valence-corrected chi connectivity index (χ3v) is 8.71. The normalized spacial score (nSPS) is 18.2. The van der Waals surface area contributed by atoms with Gasteiger partial charge in [0.2, 0.25) is 15.9 Å². The van der Waals surface area contributed by atoms with Crippen LogP contribution in [0.25, 0.3) is 0 Å². The van der Waals surface area contributed by atoms with E-state index in [1.807, 2.05) is 18.4 Å². The Morgan fingerprint density at radius 1 is 1.28 bits per heavy atom. The van der Waals surface area contributed by atoms with Gasteiger partial charge in [-0.15, -0.1) is 11.3 Å². The van der Waals surface area contributed by atoms with Crippen molar-refractivity contribution in [3.05, 3.63) is 39.8 Å². The number of nitrogens with zero attached hydrogens (tertiary/aromatic N) is 2. The molecule has 2 N–H and O–H groups in total. The number of fused-ring (bicyclic) bond motifs is 1. The summed E-state index contributed by atoms with van der Waals surface area (Å²) >= 11 is 1.71. The molecule has 4 heterocycles. The Hall–Kier alpha value is -2.21. The van der Waals surface area contributed by atoms with Crippen LogP contribution in [0.2, 0.25) is 0 Å². The molecule has 174 valence electrons. The molecule has 0 saturated carbocycles. The number of hydrogen-bond acceptors (Lipinski definition) is 6. The van der Waals surface area contributed by atoms with E-state index in [0.29, 0.717) is 32.7 Å². The smallest absolute Gasteiger partial charge is 0.268 e. The summed E-state index contributed by atoms with van der Waals surface area (Å²) < 4.78 is 32.2. The Morgan fingerprint density at radius 3 is 2.81 bits per heavy atom. The fraction of sp³-hybridized carbons (Fsp3) is 0.524. The fourth-order valence-corrected chi connectivity index (χ4v) is 6.32. The van der Waals surface area contributed by atoms with Gasteiger partial charge in [0.1, 0.15) is 16.6 Å². The highest BCUT2D eigenvalue weighted by atomic mass is 32.2. The van der Waals surface area contributed by atoms with Crippen LogP contribution in [0.4, 0.5) is 0 Å². The van der Waals surface area contributed by atoms with E-state index in [2.05, 4.69) is 10.3 Å². The maximum Gasteiger partial charge on any atom is 0.268 e. The number of carbonyl (C=O) groups is 2. The first-order valence-electron chi connectivity index (χ1n) is 10.8. The van der Waals surface area contributed by atoms with Crippen molar-refractivity contribution in [3.63, 3.8) is 0 Å². The number of aromatic amines is 1. The molecule has 32 heavy (non-hydrogen) atoms. The largest absolute Gasteiger partial charge is 0.379 e. The van der Waals surface area contributed by atoms with Crippen LogP contribution in [0.15, 0.2) is 28.6 Å². The second-order valence-electron chi connectivity index (χ2n) is 7.96. The average molecular weight is 481 g/mol. The number of rotatable bonds is 7. The van der Waals surface area contributed by atoms with Gasteiger partial charge in [0.25, 0.3) is 5.91 Å². The topological polar surface area (TPSA) is 112 Å². The second-order valence-corrected chi connectivity index (χ2v) is 10.9. The Morgan fingerprint density at radius 2 is 2.06 bits per heavy atom. The Bertz CT molecular complexity index is 1070. The van der Waals surface area contributed by atoms with E-state index in [1.165, 1.54) is 27.0 Å². The zero-order valence-corrected chi connectivity index (χ0v) is 19.6. The van der Waals surface area contributed by atoms with Crippen molar-refractivity contribution in [1.29, 1.82) is 0 Å². The van der Waals surface area contributed by atoms with Crippen molar-refractivity contribution in [3.8, 4) is 0 Å². The molecule has 0 aromatic carbocycles. The number of thiophene rings is 1. The molecule has 0 radical (unpaired) electrons. The van der Waals surface area contributed by atoms with Crippen molar-refractivity contribution in [2.24, 2.45) is 0 Å². The van der Waals surface area contributed by atoms with E-state index in [-0.39, 0.29) is 29.6 Å². The first-order valence-corrected chi connectivity index (χ1v) is 13.1. The van der Waals surface area contributed by atoms with Gasteiger partial charge >= 0.3 is 0 Å². The van der Waals surface area contributed by atoms with Crippen LogP contribution < -0.4 is 5.32 Å². The number of nitrogens with one attached hydrogen (secondary N) is 2. The molecule has 2 aromatic heterocycles. The lowest BCUT2D eigenvalue weighted by atomic mass is 10.1. The van der Waals surface area contributed by atoms with Gasteiger partial charge in [-0.1, -0.05) is 13.3 Å². The van der Waals surface area contributed by atoms with E-state index in [0.717, 1.165) is 12.8 Å². The van der Waals surface area contributed by atoms with E-state index in [9.17, 15) is 18.0 Å². The number of amides is 2. The lowest BCUT2D eigenvalue weighted by molar-refractivity contribution is -0.134.